The van der Waals surface area contributed by atoms with E-state index >= 15 is 0 Å². The summed E-state index contributed by atoms with van der Waals surface area (Å²) in [6.45, 7) is 7.30. The van der Waals surface area contributed by atoms with Crippen molar-refractivity contribution in [2.75, 3.05) is 10.6 Å². The van der Waals surface area contributed by atoms with E-state index in [4.69, 9.17) is 0 Å². The third-order valence-corrected chi connectivity index (χ3v) is 5.88. The molecule has 2 aromatic carbocycles. The van der Waals surface area contributed by atoms with Crippen LogP contribution in [0.15, 0.2) is 59.8 Å². The second-order valence-electron chi connectivity index (χ2n) is 8.07. The third-order valence-electron chi connectivity index (χ3n) is 5.02. The summed E-state index contributed by atoms with van der Waals surface area (Å²) < 4.78 is 1.67. The van der Waals surface area contributed by atoms with Crippen LogP contribution in [0.4, 0.5) is 11.4 Å². The number of anilines is 2. The summed E-state index contributed by atoms with van der Waals surface area (Å²) >= 11 is 1.42. The summed E-state index contributed by atoms with van der Waals surface area (Å²) in [5, 5.41) is 14.7. The Kier molecular flexibility index (Phi) is 7.21. The summed E-state index contributed by atoms with van der Waals surface area (Å²) in [5.41, 5.74) is 5.75. The molecular formula is C25H25N7O2S. The van der Waals surface area contributed by atoms with Crippen molar-refractivity contribution in [3.05, 3.63) is 82.9 Å². The molecule has 0 atom stereocenters. The van der Waals surface area contributed by atoms with Gasteiger partial charge in [-0.2, -0.15) is 0 Å². The number of nitrogens with zero attached hydrogens (tertiary/aromatic N) is 5. The molecule has 35 heavy (non-hydrogen) atoms. The van der Waals surface area contributed by atoms with E-state index in [2.05, 4.69) is 30.9 Å². The van der Waals surface area contributed by atoms with Crippen molar-refractivity contribution in [2.45, 2.75) is 38.6 Å². The van der Waals surface area contributed by atoms with Crippen molar-refractivity contribution in [1.82, 2.24) is 25.0 Å². The maximum absolute atomic E-state index is 13.2. The van der Waals surface area contributed by atoms with Gasteiger partial charge in [-0.05, 0) is 63.2 Å². The first-order valence-electron chi connectivity index (χ1n) is 10.9. The molecule has 0 saturated carbocycles. The van der Waals surface area contributed by atoms with Crippen LogP contribution in [0.25, 0.3) is 5.69 Å². The standard InChI is InChI=1S/C25H25N7O2S/c1-15-5-11-21(12-6-15)32-22(14-35-25-26-16(2)13-17(3)27-25)23(30-31-32)24(34)29-20-9-7-19(8-10-20)28-18(4)33/h5-13H,14H2,1-4H3,(H,28,33)(H,29,34). The molecule has 9 nitrogen and oxygen atoms in total. The van der Waals surface area contributed by atoms with Gasteiger partial charge in [0.05, 0.1) is 11.4 Å². The zero-order chi connectivity index (χ0) is 24.9. The molecule has 10 heteroatoms. The first kappa shape index (κ1) is 24.1. The molecule has 0 spiro atoms. The van der Waals surface area contributed by atoms with Crippen LogP contribution >= 0.6 is 11.8 Å². The first-order chi connectivity index (χ1) is 16.8. The number of rotatable bonds is 7. The Labute approximate surface area is 207 Å². The highest BCUT2D eigenvalue weighted by molar-refractivity contribution is 7.98. The summed E-state index contributed by atoms with van der Waals surface area (Å²) in [7, 11) is 0. The molecule has 0 saturated heterocycles. The topological polar surface area (TPSA) is 115 Å². The van der Waals surface area contributed by atoms with Gasteiger partial charge in [-0.15, -0.1) is 5.10 Å². The molecule has 4 rings (SSSR count). The van der Waals surface area contributed by atoms with E-state index in [9.17, 15) is 9.59 Å². The van der Waals surface area contributed by atoms with E-state index in [-0.39, 0.29) is 17.5 Å². The smallest absolute Gasteiger partial charge is 0.278 e. The van der Waals surface area contributed by atoms with Crippen LogP contribution < -0.4 is 10.6 Å². The number of benzene rings is 2. The van der Waals surface area contributed by atoms with E-state index < -0.39 is 0 Å². The monoisotopic (exact) mass is 487 g/mol. The number of carbonyl (C=O) groups is 2. The number of hydrogen-bond donors (Lipinski definition) is 2. The average Bonchev–Trinajstić information content (AvgIpc) is 3.22. The van der Waals surface area contributed by atoms with Gasteiger partial charge in [0.1, 0.15) is 0 Å². The Hall–Kier alpha value is -4.05. The SMILES string of the molecule is CC(=O)Nc1ccc(NC(=O)c2nnn(-c3ccc(C)cc3)c2CSc2nc(C)cc(C)n2)cc1. The van der Waals surface area contributed by atoms with Gasteiger partial charge in [-0.3, -0.25) is 9.59 Å². The fraction of sp³-hybridized carbons (Fsp3) is 0.200. The van der Waals surface area contributed by atoms with E-state index in [0.29, 0.717) is 28.0 Å². The number of nitrogens with one attached hydrogen (secondary N) is 2. The fourth-order valence-electron chi connectivity index (χ4n) is 3.42. The number of aryl methyl sites for hydroxylation is 3. The van der Waals surface area contributed by atoms with Crippen LogP contribution in [-0.2, 0) is 10.5 Å². The predicted molar refractivity (Wildman–Crippen MR) is 136 cm³/mol. The molecule has 0 aliphatic heterocycles. The fourth-order valence-corrected chi connectivity index (χ4v) is 4.36. The molecular weight excluding hydrogens is 462 g/mol. The molecule has 0 aliphatic rings. The van der Waals surface area contributed by atoms with Gasteiger partial charge >= 0.3 is 0 Å². The Morgan fingerprint density at radius 3 is 2.09 bits per heavy atom. The van der Waals surface area contributed by atoms with Gasteiger partial charge in [-0.25, -0.2) is 14.6 Å². The predicted octanol–water partition coefficient (Wildman–Crippen LogP) is 4.49. The normalized spacial score (nSPS) is 10.7. The summed E-state index contributed by atoms with van der Waals surface area (Å²) in [5.74, 6) is -0.148. The maximum Gasteiger partial charge on any atom is 0.278 e. The van der Waals surface area contributed by atoms with Crippen molar-refractivity contribution >= 4 is 35.0 Å². The molecule has 0 radical (unpaired) electrons. The van der Waals surface area contributed by atoms with Gasteiger partial charge in [0.25, 0.3) is 5.91 Å². The second-order valence-corrected chi connectivity index (χ2v) is 9.01. The molecule has 0 aliphatic carbocycles. The first-order valence-corrected chi connectivity index (χ1v) is 11.9. The van der Waals surface area contributed by atoms with Crippen molar-refractivity contribution < 1.29 is 9.59 Å². The van der Waals surface area contributed by atoms with Crippen LogP contribution in [-0.4, -0.2) is 36.8 Å². The Morgan fingerprint density at radius 2 is 1.49 bits per heavy atom. The lowest BCUT2D eigenvalue weighted by atomic mass is 10.2. The largest absolute Gasteiger partial charge is 0.326 e. The number of amides is 2. The van der Waals surface area contributed by atoms with Gasteiger partial charge in [0.15, 0.2) is 10.9 Å². The molecule has 2 heterocycles. The highest BCUT2D eigenvalue weighted by Gasteiger charge is 2.22. The maximum atomic E-state index is 13.2. The quantitative estimate of drug-likeness (QED) is 0.292. The van der Waals surface area contributed by atoms with Gasteiger partial charge < -0.3 is 10.6 Å². The molecule has 178 valence electrons. The second kappa shape index (κ2) is 10.5. The summed E-state index contributed by atoms with van der Waals surface area (Å²) in [6.07, 6.45) is 0. The molecule has 2 amide bonds. The zero-order valence-electron chi connectivity index (χ0n) is 19.9. The lowest BCUT2D eigenvalue weighted by Gasteiger charge is -2.10. The third kappa shape index (κ3) is 6.10. The Morgan fingerprint density at radius 1 is 0.886 bits per heavy atom. The van der Waals surface area contributed by atoms with Crippen molar-refractivity contribution in [3.63, 3.8) is 0 Å². The highest BCUT2D eigenvalue weighted by Crippen LogP contribution is 2.25. The molecule has 4 aromatic rings. The number of carbonyl (C=O) groups excluding carboxylic acids is 2. The minimum Gasteiger partial charge on any atom is -0.326 e. The van der Waals surface area contributed by atoms with Gasteiger partial charge in [0.2, 0.25) is 5.91 Å². The van der Waals surface area contributed by atoms with Crippen LogP contribution in [0, 0.1) is 20.8 Å². The van der Waals surface area contributed by atoms with Crippen LogP contribution in [0.5, 0.6) is 0 Å². The highest BCUT2D eigenvalue weighted by atomic mass is 32.2. The van der Waals surface area contributed by atoms with Gasteiger partial charge in [0, 0.05) is 35.4 Å². The van der Waals surface area contributed by atoms with E-state index in [1.54, 1.807) is 28.9 Å². The molecule has 0 bridgehead atoms. The van der Waals surface area contributed by atoms with Crippen molar-refractivity contribution in [2.24, 2.45) is 0 Å². The van der Waals surface area contributed by atoms with Crippen LogP contribution in [0.1, 0.15) is 40.1 Å². The average molecular weight is 488 g/mol. The Balaban J connectivity index is 1.62. The summed E-state index contributed by atoms with van der Waals surface area (Å²) in [6, 6.07) is 16.6. The number of thioether (sulfide) groups is 1. The molecule has 0 fully saturated rings. The van der Waals surface area contributed by atoms with E-state index in [1.807, 2.05) is 51.1 Å². The van der Waals surface area contributed by atoms with Crippen LogP contribution in [0.2, 0.25) is 0 Å². The lowest BCUT2D eigenvalue weighted by molar-refractivity contribution is -0.114. The molecule has 0 unspecified atom stereocenters. The Bertz CT molecular complexity index is 1350. The van der Waals surface area contributed by atoms with E-state index in [1.165, 1.54) is 18.7 Å². The minimum absolute atomic E-state index is 0.163. The molecule has 2 N–H and O–H groups in total. The van der Waals surface area contributed by atoms with Crippen molar-refractivity contribution in [3.8, 4) is 5.69 Å². The van der Waals surface area contributed by atoms with Crippen LogP contribution in [0.3, 0.4) is 0 Å². The van der Waals surface area contributed by atoms with E-state index in [0.717, 1.165) is 22.6 Å². The zero-order valence-corrected chi connectivity index (χ0v) is 20.7. The number of aromatic nitrogens is 5. The van der Waals surface area contributed by atoms with Crippen molar-refractivity contribution in [1.29, 1.82) is 0 Å². The molecule has 2 aromatic heterocycles. The summed E-state index contributed by atoms with van der Waals surface area (Å²) in [4.78, 5) is 33.4. The van der Waals surface area contributed by atoms with Gasteiger partial charge in [-0.1, -0.05) is 34.7 Å². The lowest BCUT2D eigenvalue weighted by Crippen LogP contribution is -2.15. The minimum atomic E-state index is -0.382. The number of hydrogen-bond acceptors (Lipinski definition) is 7.